The van der Waals surface area contributed by atoms with Crippen LogP contribution in [-0.2, 0) is 0 Å². The largest absolute Gasteiger partial charge is 0.457 e. The third-order valence-electron chi connectivity index (χ3n) is 3.61. The minimum Gasteiger partial charge on any atom is -0.457 e. The van der Waals surface area contributed by atoms with Gasteiger partial charge in [0.05, 0.1) is 0 Å². The van der Waals surface area contributed by atoms with Crippen LogP contribution < -0.4 is 10.1 Å². The van der Waals surface area contributed by atoms with Crippen molar-refractivity contribution in [3.63, 3.8) is 0 Å². The highest BCUT2D eigenvalue weighted by Crippen LogP contribution is 2.33. The van der Waals surface area contributed by atoms with E-state index in [1.807, 2.05) is 31.3 Å². The van der Waals surface area contributed by atoms with Crippen LogP contribution in [0.5, 0.6) is 11.5 Å². The molecule has 0 aliphatic heterocycles. The Morgan fingerprint density at radius 3 is 2.48 bits per heavy atom. The maximum absolute atomic E-state index is 6.11. The molecule has 0 saturated carbocycles. The third kappa shape index (κ3) is 4.08. The zero-order chi connectivity index (χ0) is 15.4. The molecule has 0 saturated heterocycles. The fourth-order valence-electron chi connectivity index (χ4n) is 2.20. The molecule has 0 spiro atoms. The van der Waals surface area contributed by atoms with Gasteiger partial charge in [-0.25, -0.2) is 0 Å². The fourth-order valence-corrected chi connectivity index (χ4v) is 2.58. The van der Waals surface area contributed by atoms with E-state index in [9.17, 15) is 0 Å². The molecule has 1 atom stereocenters. The molecule has 1 unspecified atom stereocenters. The van der Waals surface area contributed by atoms with E-state index in [0.29, 0.717) is 12.0 Å². The molecule has 112 valence electrons. The Bertz CT molecular complexity index is 610. The van der Waals surface area contributed by atoms with Crippen LogP contribution >= 0.6 is 15.9 Å². The minimum atomic E-state index is 0.308. The van der Waals surface area contributed by atoms with Crippen molar-refractivity contribution in [2.75, 3.05) is 7.05 Å². The van der Waals surface area contributed by atoms with Gasteiger partial charge in [-0.05, 0) is 61.3 Å². The summed E-state index contributed by atoms with van der Waals surface area (Å²) in [5, 5.41) is 3.25. The summed E-state index contributed by atoms with van der Waals surface area (Å²) in [5.74, 6) is 2.21. The molecule has 2 rings (SSSR count). The predicted molar refractivity (Wildman–Crippen MR) is 92.2 cm³/mol. The van der Waals surface area contributed by atoms with Gasteiger partial charge in [-0.15, -0.1) is 0 Å². The van der Waals surface area contributed by atoms with Crippen molar-refractivity contribution in [2.24, 2.45) is 0 Å². The molecule has 2 nitrogen and oxygen atoms in total. The molecule has 0 aliphatic rings. The van der Waals surface area contributed by atoms with E-state index in [1.165, 1.54) is 11.1 Å². The number of benzene rings is 2. The Hall–Kier alpha value is -1.32. The molecule has 21 heavy (non-hydrogen) atoms. The van der Waals surface area contributed by atoms with Gasteiger partial charge < -0.3 is 10.1 Å². The van der Waals surface area contributed by atoms with Crippen molar-refractivity contribution in [2.45, 2.75) is 32.7 Å². The highest BCUT2D eigenvalue weighted by atomic mass is 79.9. The first-order chi connectivity index (χ1) is 10.0. The molecular formula is C18H22BrNO. The quantitative estimate of drug-likeness (QED) is 0.754. The number of hydrogen-bond donors (Lipinski definition) is 1. The number of halogens is 1. The van der Waals surface area contributed by atoms with Crippen LogP contribution in [0.3, 0.4) is 0 Å². The van der Waals surface area contributed by atoms with E-state index >= 15 is 0 Å². The zero-order valence-electron chi connectivity index (χ0n) is 13.0. The highest BCUT2D eigenvalue weighted by molar-refractivity contribution is 9.10. The Morgan fingerprint density at radius 2 is 1.81 bits per heavy atom. The number of hydrogen-bond acceptors (Lipinski definition) is 2. The number of ether oxygens (including phenoxy) is 1. The van der Waals surface area contributed by atoms with E-state index in [2.05, 4.69) is 60.2 Å². The van der Waals surface area contributed by atoms with Gasteiger partial charge >= 0.3 is 0 Å². The summed E-state index contributed by atoms with van der Waals surface area (Å²) in [7, 11) is 1.96. The fraction of sp³-hybridized carbons (Fsp3) is 0.333. The van der Waals surface area contributed by atoms with Crippen molar-refractivity contribution in [3.05, 3.63) is 58.1 Å². The number of rotatable bonds is 5. The van der Waals surface area contributed by atoms with Gasteiger partial charge in [0.1, 0.15) is 11.5 Å². The lowest BCUT2D eigenvalue weighted by molar-refractivity contribution is 0.471. The standard InChI is InChI=1S/C18H22BrNO/c1-12(2)17-11-15(19)8-9-18(17)21-16-7-5-6-14(10-16)13(3)20-4/h5-13,20H,1-4H3. The Morgan fingerprint density at radius 1 is 1.05 bits per heavy atom. The van der Waals surface area contributed by atoms with Gasteiger partial charge in [0, 0.05) is 10.5 Å². The molecule has 2 aromatic carbocycles. The summed E-state index contributed by atoms with van der Waals surface area (Å²) in [5.41, 5.74) is 2.43. The second-order valence-electron chi connectivity index (χ2n) is 5.52. The van der Waals surface area contributed by atoms with Crippen molar-refractivity contribution in [3.8, 4) is 11.5 Å². The lowest BCUT2D eigenvalue weighted by Gasteiger charge is -2.16. The first-order valence-electron chi connectivity index (χ1n) is 7.25. The molecule has 0 aromatic heterocycles. The molecule has 0 radical (unpaired) electrons. The molecule has 2 aromatic rings. The minimum absolute atomic E-state index is 0.308. The van der Waals surface area contributed by atoms with Crippen LogP contribution in [0.15, 0.2) is 46.9 Å². The predicted octanol–water partition coefficient (Wildman–Crippen LogP) is 5.65. The van der Waals surface area contributed by atoms with Crippen LogP contribution in [0.25, 0.3) is 0 Å². The molecule has 1 N–H and O–H groups in total. The topological polar surface area (TPSA) is 21.3 Å². The summed E-state index contributed by atoms with van der Waals surface area (Å²) in [4.78, 5) is 0. The normalized spacial score (nSPS) is 12.5. The van der Waals surface area contributed by atoms with Crippen molar-refractivity contribution in [1.82, 2.24) is 5.32 Å². The summed E-state index contributed by atoms with van der Waals surface area (Å²) in [6.45, 7) is 6.49. The Kier molecular flexibility index (Phi) is 5.43. The zero-order valence-corrected chi connectivity index (χ0v) is 14.6. The third-order valence-corrected chi connectivity index (χ3v) is 4.11. The van der Waals surface area contributed by atoms with Crippen LogP contribution in [0.4, 0.5) is 0 Å². The monoisotopic (exact) mass is 347 g/mol. The Labute approximate surface area is 135 Å². The SMILES string of the molecule is CNC(C)c1cccc(Oc2ccc(Br)cc2C(C)C)c1. The van der Waals surface area contributed by atoms with Crippen molar-refractivity contribution in [1.29, 1.82) is 0 Å². The van der Waals surface area contributed by atoms with E-state index in [-0.39, 0.29) is 0 Å². The lowest BCUT2D eigenvalue weighted by Crippen LogP contribution is -2.12. The average Bonchev–Trinajstić information content (AvgIpc) is 2.48. The average molecular weight is 348 g/mol. The van der Waals surface area contributed by atoms with Crippen LogP contribution in [0.1, 0.15) is 43.9 Å². The van der Waals surface area contributed by atoms with E-state index < -0.39 is 0 Å². The maximum Gasteiger partial charge on any atom is 0.130 e. The second kappa shape index (κ2) is 7.10. The molecule has 0 bridgehead atoms. The molecule has 0 aliphatic carbocycles. The summed E-state index contributed by atoms with van der Waals surface area (Å²) >= 11 is 3.53. The lowest BCUT2D eigenvalue weighted by atomic mass is 10.0. The van der Waals surface area contributed by atoms with Crippen LogP contribution in [-0.4, -0.2) is 7.05 Å². The first-order valence-corrected chi connectivity index (χ1v) is 8.05. The van der Waals surface area contributed by atoms with E-state index in [4.69, 9.17) is 4.74 Å². The van der Waals surface area contributed by atoms with Gasteiger partial charge in [-0.2, -0.15) is 0 Å². The van der Waals surface area contributed by atoms with Crippen LogP contribution in [0, 0.1) is 0 Å². The summed E-state index contributed by atoms with van der Waals surface area (Å²) in [6.07, 6.45) is 0. The van der Waals surface area contributed by atoms with E-state index in [0.717, 1.165) is 16.0 Å². The van der Waals surface area contributed by atoms with Gasteiger partial charge in [0.2, 0.25) is 0 Å². The molecule has 0 fully saturated rings. The highest BCUT2D eigenvalue weighted by Gasteiger charge is 2.10. The van der Waals surface area contributed by atoms with Crippen LogP contribution in [0.2, 0.25) is 0 Å². The molecular weight excluding hydrogens is 326 g/mol. The van der Waals surface area contributed by atoms with Gasteiger partial charge in [-0.3, -0.25) is 0 Å². The van der Waals surface area contributed by atoms with Crippen molar-refractivity contribution >= 4 is 15.9 Å². The Balaban J connectivity index is 2.30. The summed E-state index contributed by atoms with van der Waals surface area (Å²) < 4.78 is 7.19. The maximum atomic E-state index is 6.11. The smallest absolute Gasteiger partial charge is 0.130 e. The van der Waals surface area contributed by atoms with Gasteiger partial charge in [0.15, 0.2) is 0 Å². The molecule has 3 heteroatoms. The van der Waals surface area contributed by atoms with E-state index in [1.54, 1.807) is 0 Å². The molecule has 0 amide bonds. The molecule has 0 heterocycles. The van der Waals surface area contributed by atoms with Gasteiger partial charge in [0.25, 0.3) is 0 Å². The number of nitrogens with one attached hydrogen (secondary N) is 1. The second-order valence-corrected chi connectivity index (χ2v) is 6.44. The first kappa shape index (κ1) is 16.1. The van der Waals surface area contributed by atoms with Gasteiger partial charge in [-0.1, -0.05) is 41.9 Å². The van der Waals surface area contributed by atoms with Crippen molar-refractivity contribution < 1.29 is 4.74 Å². The summed E-state index contributed by atoms with van der Waals surface area (Å²) in [6, 6.07) is 14.7.